The molecule has 0 bridgehead atoms. The molecule has 1 heterocycles. The highest BCUT2D eigenvalue weighted by atomic mass is 35.5. The first-order valence-electron chi connectivity index (χ1n) is 5.85. The molecule has 0 aliphatic heterocycles. The molecule has 1 N–H and O–H groups in total. The minimum atomic E-state index is -3.48. The molecule has 0 radical (unpaired) electrons. The second-order valence-corrected chi connectivity index (χ2v) is 7.34. The first kappa shape index (κ1) is 15.4. The number of sulfonamides is 1. The van der Waals surface area contributed by atoms with Crippen LogP contribution in [0.5, 0.6) is 0 Å². The lowest BCUT2D eigenvalue weighted by molar-refractivity contribution is 0.584. The number of benzene rings is 1. The number of nitrogens with zero attached hydrogens (tertiary/aromatic N) is 2. The van der Waals surface area contributed by atoms with Crippen molar-refractivity contribution in [2.45, 2.75) is 9.79 Å². The number of nitrogens with one attached hydrogen (secondary N) is 1. The highest BCUT2D eigenvalue weighted by molar-refractivity contribution is 7.99. The van der Waals surface area contributed by atoms with Gasteiger partial charge in [0.2, 0.25) is 10.0 Å². The topological polar surface area (TPSA) is 64.0 Å². The van der Waals surface area contributed by atoms with E-state index in [1.54, 1.807) is 7.05 Å². The Kier molecular flexibility index (Phi) is 5.09. The molecule has 0 aliphatic rings. The van der Waals surface area contributed by atoms with Crippen LogP contribution in [-0.4, -0.2) is 30.5 Å². The van der Waals surface area contributed by atoms with E-state index in [0.29, 0.717) is 17.3 Å². The van der Waals surface area contributed by atoms with Gasteiger partial charge in [0.1, 0.15) is 4.90 Å². The molecule has 0 saturated carbocycles. The number of rotatable bonds is 6. The maximum Gasteiger partial charge on any atom is 0.243 e. The Balaban J connectivity index is 1.86. The van der Waals surface area contributed by atoms with Crippen molar-refractivity contribution < 1.29 is 8.42 Å². The maximum atomic E-state index is 11.9. The van der Waals surface area contributed by atoms with Crippen molar-refractivity contribution in [3.05, 3.63) is 41.7 Å². The molecule has 0 aliphatic carbocycles. The third-order valence-corrected chi connectivity index (χ3v) is 5.41. The van der Waals surface area contributed by atoms with Crippen molar-refractivity contribution in [3.8, 4) is 0 Å². The smallest absolute Gasteiger partial charge is 0.243 e. The van der Waals surface area contributed by atoms with Gasteiger partial charge in [-0.15, -0.1) is 11.8 Å². The van der Waals surface area contributed by atoms with Gasteiger partial charge in [-0.05, 0) is 12.1 Å². The van der Waals surface area contributed by atoms with E-state index in [-0.39, 0.29) is 4.90 Å². The fourth-order valence-electron chi connectivity index (χ4n) is 1.52. The molecule has 0 atom stereocenters. The summed E-state index contributed by atoms with van der Waals surface area (Å²) in [5, 5.41) is 4.52. The number of aryl methyl sites for hydroxylation is 1. The molecule has 0 saturated heterocycles. The Labute approximate surface area is 127 Å². The lowest BCUT2D eigenvalue weighted by atomic mass is 10.4. The van der Waals surface area contributed by atoms with Crippen molar-refractivity contribution >= 4 is 33.4 Å². The number of hydrogen-bond acceptors (Lipinski definition) is 4. The molecular formula is C12H14ClN3O2S2. The van der Waals surface area contributed by atoms with Gasteiger partial charge in [0, 0.05) is 30.4 Å². The maximum absolute atomic E-state index is 11.9. The van der Waals surface area contributed by atoms with Crippen LogP contribution in [0.25, 0.3) is 0 Å². The summed E-state index contributed by atoms with van der Waals surface area (Å²) in [6, 6.07) is 7.47. The predicted octanol–water partition coefficient (Wildman–Crippen LogP) is 2.14. The van der Waals surface area contributed by atoms with E-state index in [0.717, 1.165) is 4.90 Å². The second-order valence-electron chi connectivity index (χ2n) is 4.03. The standard InChI is InChI=1S/C12H14ClN3O2S2/c1-16-9-10(8-14-16)20(17,18)15-6-7-19-12-5-3-2-4-11(12)13/h2-5,8-9,15H,6-7H2,1H3. The normalized spacial score (nSPS) is 11.7. The fourth-order valence-corrected chi connectivity index (χ4v) is 3.77. The summed E-state index contributed by atoms with van der Waals surface area (Å²) < 4.78 is 27.8. The third-order valence-electron chi connectivity index (χ3n) is 2.48. The van der Waals surface area contributed by atoms with E-state index in [9.17, 15) is 8.42 Å². The Morgan fingerprint density at radius 2 is 2.15 bits per heavy atom. The van der Waals surface area contributed by atoms with Crippen molar-refractivity contribution in [2.24, 2.45) is 7.05 Å². The molecule has 0 amide bonds. The zero-order chi connectivity index (χ0) is 14.6. The van der Waals surface area contributed by atoms with Crippen molar-refractivity contribution in [2.75, 3.05) is 12.3 Å². The summed E-state index contributed by atoms with van der Waals surface area (Å²) in [5.41, 5.74) is 0. The van der Waals surface area contributed by atoms with Gasteiger partial charge in [0.25, 0.3) is 0 Å². The molecule has 8 heteroatoms. The van der Waals surface area contributed by atoms with Crippen LogP contribution >= 0.6 is 23.4 Å². The lowest BCUT2D eigenvalue weighted by Crippen LogP contribution is -2.25. The largest absolute Gasteiger partial charge is 0.274 e. The van der Waals surface area contributed by atoms with Gasteiger partial charge in [-0.3, -0.25) is 4.68 Å². The zero-order valence-corrected chi connectivity index (χ0v) is 13.2. The average molecular weight is 332 g/mol. The molecule has 2 aromatic rings. The van der Waals surface area contributed by atoms with Crippen molar-refractivity contribution in [1.29, 1.82) is 0 Å². The van der Waals surface area contributed by atoms with Crippen LogP contribution < -0.4 is 4.72 Å². The van der Waals surface area contributed by atoms with Gasteiger partial charge < -0.3 is 0 Å². The van der Waals surface area contributed by atoms with Gasteiger partial charge in [0.05, 0.1) is 11.2 Å². The van der Waals surface area contributed by atoms with Crippen LogP contribution in [0.2, 0.25) is 5.02 Å². The first-order valence-corrected chi connectivity index (χ1v) is 8.69. The number of halogens is 1. The molecule has 1 aromatic heterocycles. The number of thioether (sulfide) groups is 1. The van der Waals surface area contributed by atoms with E-state index < -0.39 is 10.0 Å². The van der Waals surface area contributed by atoms with Crippen molar-refractivity contribution in [3.63, 3.8) is 0 Å². The highest BCUT2D eigenvalue weighted by Gasteiger charge is 2.15. The SMILES string of the molecule is Cn1cc(S(=O)(=O)NCCSc2ccccc2Cl)cn1. The highest BCUT2D eigenvalue weighted by Crippen LogP contribution is 2.26. The quantitative estimate of drug-likeness (QED) is 0.650. The van der Waals surface area contributed by atoms with Crippen LogP contribution in [0.4, 0.5) is 0 Å². The summed E-state index contributed by atoms with van der Waals surface area (Å²) in [4.78, 5) is 1.11. The summed E-state index contributed by atoms with van der Waals surface area (Å²) in [6.45, 7) is 0.327. The second kappa shape index (κ2) is 6.62. The van der Waals surface area contributed by atoms with Crippen LogP contribution in [-0.2, 0) is 17.1 Å². The monoisotopic (exact) mass is 331 g/mol. The van der Waals surface area contributed by atoms with Gasteiger partial charge in [-0.1, -0.05) is 23.7 Å². The van der Waals surface area contributed by atoms with E-state index in [2.05, 4.69) is 9.82 Å². The molecule has 108 valence electrons. The molecule has 2 rings (SSSR count). The summed E-state index contributed by atoms with van der Waals surface area (Å²) in [7, 11) is -1.81. The van der Waals surface area contributed by atoms with Gasteiger partial charge in [-0.25, -0.2) is 13.1 Å². The molecular weight excluding hydrogens is 318 g/mol. The Morgan fingerprint density at radius 3 is 2.80 bits per heavy atom. The average Bonchev–Trinajstić information content (AvgIpc) is 2.84. The Hall–Kier alpha value is -1.02. The third kappa shape index (κ3) is 3.99. The van der Waals surface area contributed by atoms with E-state index in [4.69, 9.17) is 11.6 Å². The lowest BCUT2D eigenvalue weighted by Gasteiger charge is -2.05. The first-order chi connectivity index (χ1) is 9.49. The van der Waals surface area contributed by atoms with Crippen LogP contribution in [0.15, 0.2) is 46.5 Å². The summed E-state index contributed by atoms with van der Waals surface area (Å²) in [6.07, 6.45) is 2.78. The van der Waals surface area contributed by atoms with Gasteiger partial charge in [0.15, 0.2) is 0 Å². The molecule has 0 spiro atoms. The number of aromatic nitrogens is 2. The fraction of sp³-hybridized carbons (Fsp3) is 0.250. The molecule has 20 heavy (non-hydrogen) atoms. The molecule has 1 aromatic carbocycles. The van der Waals surface area contributed by atoms with Gasteiger partial charge in [-0.2, -0.15) is 5.10 Å². The summed E-state index contributed by atoms with van der Waals surface area (Å²) >= 11 is 7.53. The predicted molar refractivity (Wildman–Crippen MR) is 80.6 cm³/mol. The van der Waals surface area contributed by atoms with Crippen LogP contribution in [0.1, 0.15) is 0 Å². The van der Waals surface area contributed by atoms with E-state index in [1.165, 1.54) is 28.8 Å². The molecule has 5 nitrogen and oxygen atoms in total. The minimum absolute atomic E-state index is 0.169. The Morgan fingerprint density at radius 1 is 1.40 bits per heavy atom. The zero-order valence-electron chi connectivity index (χ0n) is 10.8. The molecule has 0 fully saturated rings. The minimum Gasteiger partial charge on any atom is -0.274 e. The van der Waals surface area contributed by atoms with E-state index >= 15 is 0 Å². The summed E-state index contributed by atoms with van der Waals surface area (Å²) in [5.74, 6) is 0.600. The number of hydrogen-bond donors (Lipinski definition) is 1. The van der Waals surface area contributed by atoms with Crippen LogP contribution in [0.3, 0.4) is 0 Å². The van der Waals surface area contributed by atoms with E-state index in [1.807, 2.05) is 24.3 Å². The van der Waals surface area contributed by atoms with Crippen molar-refractivity contribution in [1.82, 2.24) is 14.5 Å². The van der Waals surface area contributed by atoms with Crippen LogP contribution in [0, 0.1) is 0 Å². The molecule has 0 unspecified atom stereocenters. The van der Waals surface area contributed by atoms with Gasteiger partial charge >= 0.3 is 0 Å². The Bertz CT molecular complexity index is 686.